The van der Waals surface area contributed by atoms with E-state index in [0.29, 0.717) is 6.54 Å². The van der Waals surface area contributed by atoms with Crippen LogP contribution < -0.4 is 5.32 Å². The Morgan fingerprint density at radius 1 is 0.905 bits per heavy atom. The molecule has 0 aliphatic heterocycles. The molecule has 0 aliphatic rings. The molecule has 2 heteroatoms. The van der Waals surface area contributed by atoms with Crippen LogP contribution in [0.5, 0.6) is 0 Å². The zero-order valence-corrected chi connectivity index (χ0v) is 12.0. The molecule has 104 valence electrons. The number of carbonyl (C=O) groups excluding carboxylic acids is 1. The van der Waals surface area contributed by atoms with Crippen molar-refractivity contribution < 1.29 is 4.79 Å². The van der Waals surface area contributed by atoms with Gasteiger partial charge in [-0.3, -0.25) is 4.79 Å². The Kier molecular flexibility index (Phi) is 3.69. The van der Waals surface area contributed by atoms with Crippen molar-refractivity contribution in [3.05, 3.63) is 72.3 Å². The number of hydrogen-bond donors (Lipinski definition) is 1. The van der Waals surface area contributed by atoms with Gasteiger partial charge < -0.3 is 5.32 Å². The maximum absolute atomic E-state index is 12.5. The zero-order chi connectivity index (χ0) is 14.7. The largest absolute Gasteiger partial charge is 0.352 e. The highest BCUT2D eigenvalue weighted by atomic mass is 16.1. The smallest absolute Gasteiger partial charge is 0.252 e. The van der Waals surface area contributed by atoms with E-state index >= 15 is 0 Å². The number of amides is 1. The van der Waals surface area contributed by atoms with Crippen LogP contribution in [0.4, 0.5) is 0 Å². The van der Waals surface area contributed by atoms with E-state index in [1.807, 2.05) is 67.6 Å². The van der Waals surface area contributed by atoms with Crippen molar-refractivity contribution in [2.24, 2.45) is 0 Å². The molecule has 0 radical (unpaired) electrons. The first-order valence-electron chi connectivity index (χ1n) is 7.16. The summed E-state index contributed by atoms with van der Waals surface area (Å²) in [4.78, 5) is 12.5. The van der Waals surface area contributed by atoms with E-state index in [1.165, 1.54) is 0 Å². The van der Waals surface area contributed by atoms with E-state index in [0.717, 1.165) is 27.5 Å². The fourth-order valence-electron chi connectivity index (χ4n) is 2.62. The molecular formula is C19H17NO. The van der Waals surface area contributed by atoms with Crippen molar-refractivity contribution in [3.8, 4) is 11.1 Å². The first-order chi connectivity index (χ1) is 10.3. The van der Waals surface area contributed by atoms with Crippen molar-refractivity contribution >= 4 is 16.7 Å². The molecule has 3 aromatic rings. The number of fused-ring (bicyclic) bond motifs is 1. The minimum atomic E-state index is -0.0202. The predicted molar refractivity (Wildman–Crippen MR) is 87.4 cm³/mol. The number of benzene rings is 3. The molecule has 0 fully saturated rings. The van der Waals surface area contributed by atoms with Crippen molar-refractivity contribution in [2.45, 2.75) is 6.92 Å². The lowest BCUT2D eigenvalue weighted by molar-refractivity contribution is 0.0958. The Balaban J connectivity index is 2.29. The maximum Gasteiger partial charge on any atom is 0.252 e. The van der Waals surface area contributed by atoms with E-state index in [1.54, 1.807) is 0 Å². The molecule has 1 N–H and O–H groups in total. The van der Waals surface area contributed by atoms with Gasteiger partial charge in [-0.25, -0.2) is 0 Å². The summed E-state index contributed by atoms with van der Waals surface area (Å²) in [6.45, 7) is 2.56. The average molecular weight is 275 g/mol. The van der Waals surface area contributed by atoms with Crippen LogP contribution in [0.1, 0.15) is 17.3 Å². The van der Waals surface area contributed by atoms with Crippen molar-refractivity contribution in [1.29, 1.82) is 0 Å². The molecule has 0 aromatic heterocycles. The first kappa shape index (κ1) is 13.4. The lowest BCUT2D eigenvalue weighted by Crippen LogP contribution is -2.23. The van der Waals surface area contributed by atoms with E-state index in [9.17, 15) is 4.79 Å². The van der Waals surface area contributed by atoms with Crippen molar-refractivity contribution in [2.75, 3.05) is 6.54 Å². The second-order valence-electron chi connectivity index (χ2n) is 4.93. The van der Waals surface area contributed by atoms with Crippen LogP contribution in [0.15, 0.2) is 66.7 Å². The third-order valence-electron chi connectivity index (χ3n) is 3.58. The van der Waals surface area contributed by atoms with Gasteiger partial charge in [0.1, 0.15) is 0 Å². The van der Waals surface area contributed by atoms with Crippen molar-refractivity contribution in [3.63, 3.8) is 0 Å². The van der Waals surface area contributed by atoms with Gasteiger partial charge in [-0.05, 0) is 28.8 Å². The number of rotatable bonds is 3. The predicted octanol–water partition coefficient (Wildman–Crippen LogP) is 4.26. The molecule has 0 spiro atoms. The Labute approximate surface area is 124 Å². The van der Waals surface area contributed by atoms with E-state index < -0.39 is 0 Å². The summed E-state index contributed by atoms with van der Waals surface area (Å²) in [5.74, 6) is -0.0202. The van der Waals surface area contributed by atoms with E-state index in [4.69, 9.17) is 0 Å². The Morgan fingerprint density at radius 2 is 1.62 bits per heavy atom. The van der Waals surface area contributed by atoms with Gasteiger partial charge >= 0.3 is 0 Å². The van der Waals surface area contributed by atoms with Gasteiger partial charge in [0, 0.05) is 6.54 Å². The molecule has 0 atom stereocenters. The fraction of sp³-hybridized carbons (Fsp3) is 0.105. The van der Waals surface area contributed by atoms with Crippen LogP contribution in [0.3, 0.4) is 0 Å². The molecule has 3 aromatic carbocycles. The Bertz CT molecular complexity index is 778. The summed E-state index contributed by atoms with van der Waals surface area (Å²) in [6.07, 6.45) is 0. The molecule has 0 bridgehead atoms. The molecule has 3 rings (SSSR count). The van der Waals surface area contributed by atoms with Gasteiger partial charge in [-0.1, -0.05) is 66.7 Å². The monoisotopic (exact) mass is 275 g/mol. The minimum Gasteiger partial charge on any atom is -0.352 e. The second kappa shape index (κ2) is 5.80. The molecule has 0 unspecified atom stereocenters. The topological polar surface area (TPSA) is 29.1 Å². The number of nitrogens with one attached hydrogen (secondary N) is 1. The lowest BCUT2D eigenvalue weighted by Gasteiger charge is -2.13. The third kappa shape index (κ3) is 2.52. The maximum atomic E-state index is 12.5. The van der Waals surface area contributed by atoms with Gasteiger partial charge in [-0.15, -0.1) is 0 Å². The van der Waals surface area contributed by atoms with Crippen LogP contribution in [0, 0.1) is 0 Å². The third-order valence-corrected chi connectivity index (χ3v) is 3.58. The summed E-state index contributed by atoms with van der Waals surface area (Å²) >= 11 is 0. The Hall–Kier alpha value is -2.61. The highest BCUT2D eigenvalue weighted by molar-refractivity contribution is 6.12. The molecule has 0 aliphatic carbocycles. The summed E-state index contributed by atoms with van der Waals surface area (Å²) in [7, 11) is 0. The molecule has 2 nitrogen and oxygen atoms in total. The lowest BCUT2D eigenvalue weighted by atomic mass is 9.93. The van der Waals surface area contributed by atoms with Gasteiger partial charge in [0.05, 0.1) is 5.56 Å². The van der Waals surface area contributed by atoms with Crippen molar-refractivity contribution in [1.82, 2.24) is 5.32 Å². The summed E-state index contributed by atoms with van der Waals surface area (Å²) < 4.78 is 0. The Morgan fingerprint density at radius 3 is 2.38 bits per heavy atom. The number of carbonyl (C=O) groups is 1. The van der Waals surface area contributed by atoms with Crippen LogP contribution in [-0.2, 0) is 0 Å². The highest BCUT2D eigenvalue weighted by Gasteiger charge is 2.15. The van der Waals surface area contributed by atoms with E-state index in [2.05, 4.69) is 11.4 Å². The zero-order valence-electron chi connectivity index (χ0n) is 12.0. The first-order valence-corrected chi connectivity index (χ1v) is 7.16. The van der Waals surface area contributed by atoms with Crippen LogP contribution >= 0.6 is 0 Å². The summed E-state index contributed by atoms with van der Waals surface area (Å²) in [6, 6.07) is 22.1. The minimum absolute atomic E-state index is 0.0202. The van der Waals surface area contributed by atoms with Crippen LogP contribution in [0.25, 0.3) is 21.9 Å². The molecule has 21 heavy (non-hydrogen) atoms. The second-order valence-corrected chi connectivity index (χ2v) is 4.93. The molecule has 0 saturated heterocycles. The molecule has 1 amide bonds. The molecule has 0 saturated carbocycles. The standard InChI is InChI=1S/C19H17NO/c1-2-20-19(21)18-16-11-7-6-10-15(16)12-13-17(18)14-8-4-3-5-9-14/h3-13H,2H2,1H3,(H,20,21). The van der Waals surface area contributed by atoms with Gasteiger partial charge in [0.2, 0.25) is 0 Å². The molecule has 0 heterocycles. The normalized spacial score (nSPS) is 10.5. The van der Waals surface area contributed by atoms with Gasteiger partial charge in [-0.2, -0.15) is 0 Å². The van der Waals surface area contributed by atoms with Crippen LogP contribution in [0.2, 0.25) is 0 Å². The summed E-state index contributed by atoms with van der Waals surface area (Å²) in [5.41, 5.74) is 2.78. The average Bonchev–Trinajstić information content (AvgIpc) is 2.54. The summed E-state index contributed by atoms with van der Waals surface area (Å²) in [5, 5.41) is 5.00. The quantitative estimate of drug-likeness (QED) is 0.760. The van der Waals surface area contributed by atoms with Crippen LogP contribution in [-0.4, -0.2) is 12.5 Å². The number of hydrogen-bond acceptors (Lipinski definition) is 1. The highest BCUT2D eigenvalue weighted by Crippen LogP contribution is 2.30. The SMILES string of the molecule is CCNC(=O)c1c(-c2ccccc2)ccc2ccccc12. The fourth-order valence-corrected chi connectivity index (χ4v) is 2.62. The molecular weight excluding hydrogens is 258 g/mol. The van der Waals surface area contributed by atoms with E-state index in [-0.39, 0.29) is 5.91 Å². The van der Waals surface area contributed by atoms with Gasteiger partial charge in [0.15, 0.2) is 0 Å². The van der Waals surface area contributed by atoms with Gasteiger partial charge in [0.25, 0.3) is 5.91 Å².